The number of nitrogens with zero attached hydrogens (tertiary/aromatic N) is 3. The van der Waals surface area contributed by atoms with Gasteiger partial charge in [0.25, 0.3) is 0 Å². The third kappa shape index (κ3) is 8.90. The maximum atomic E-state index is 14.1. The first-order valence-electron chi connectivity index (χ1n) is 18.1. The Morgan fingerprint density at radius 2 is 1.75 bits per heavy atom. The van der Waals surface area contributed by atoms with Gasteiger partial charge in [0.1, 0.15) is 35.7 Å². The lowest BCUT2D eigenvalue weighted by Gasteiger charge is -2.36. The van der Waals surface area contributed by atoms with Gasteiger partial charge < -0.3 is 35.0 Å². The van der Waals surface area contributed by atoms with Crippen LogP contribution in [0.15, 0.2) is 54.6 Å². The Labute approximate surface area is 299 Å². The Morgan fingerprint density at radius 3 is 2.39 bits per heavy atom. The lowest BCUT2D eigenvalue weighted by molar-refractivity contribution is -0.142. The quantitative estimate of drug-likeness (QED) is 0.208. The summed E-state index contributed by atoms with van der Waals surface area (Å²) < 4.78 is 12.1. The van der Waals surface area contributed by atoms with Crippen molar-refractivity contribution in [3.05, 3.63) is 54.6 Å². The third-order valence-corrected chi connectivity index (χ3v) is 10.0. The molecule has 2 aromatic carbocycles. The minimum Gasteiger partial charge on any atom is -0.497 e. The summed E-state index contributed by atoms with van der Waals surface area (Å²) in [7, 11) is 3.39. The lowest BCUT2D eigenvalue weighted by atomic mass is 9.93. The number of rotatable bonds is 13. The van der Waals surface area contributed by atoms with Crippen molar-refractivity contribution in [1.29, 1.82) is 0 Å². The zero-order valence-corrected chi connectivity index (χ0v) is 30.3. The molecule has 1 aliphatic heterocycles. The summed E-state index contributed by atoms with van der Waals surface area (Å²) in [5.41, 5.74) is 2.21. The highest BCUT2D eigenvalue weighted by Crippen LogP contribution is 2.35. The third-order valence-electron chi connectivity index (χ3n) is 10.0. The lowest BCUT2D eigenvalue weighted by Crippen LogP contribution is -2.58. The van der Waals surface area contributed by atoms with Crippen molar-refractivity contribution in [2.24, 2.45) is 5.92 Å². The molecule has 2 aliphatic rings. The molecule has 1 unspecified atom stereocenters. The number of pyridine rings is 1. The van der Waals surface area contributed by atoms with Gasteiger partial charge in [-0.15, -0.1) is 0 Å². The molecule has 12 heteroatoms. The number of hydrogen-bond donors (Lipinski definition) is 3. The number of ether oxygens (including phenoxy) is 2. The number of amides is 4. The number of carboxylic acid groups (broad SMARTS) is 1. The number of likely N-dealkylation sites (N-methyl/N-ethyl adjacent to an activating group) is 1. The number of carbonyl (C=O) groups is 4. The maximum Gasteiger partial charge on any atom is 0.326 e. The van der Waals surface area contributed by atoms with Crippen LogP contribution in [0.1, 0.15) is 72.1 Å². The van der Waals surface area contributed by atoms with Gasteiger partial charge in [-0.2, -0.15) is 0 Å². The standard InChI is InChI=1S/C39H51N5O7/c1-6-13-30(38(47)48)41-36(45)33-21-28(23-44(33)39(49)42-35(24(2)3)37(46)43(4)26-16-11-8-12-17-26)51-34-22-31(25-14-9-7-10-15-25)40-32-20-27(50-5)18-19-29(32)34/h7,9-10,14-15,18-20,22,24,26,28,30,33,35H,6,8,11-13,16-17,21,23H2,1-5H3,(H,41,45)(H,42,49)(H,47,48)/t28-,30?,33+,35+/m1/s1. The topological polar surface area (TPSA) is 150 Å². The van der Waals surface area contributed by atoms with E-state index >= 15 is 0 Å². The van der Waals surface area contributed by atoms with Crippen LogP contribution in [0.4, 0.5) is 4.79 Å². The molecule has 0 radical (unpaired) electrons. The number of hydrogen-bond acceptors (Lipinski definition) is 7. The summed E-state index contributed by atoms with van der Waals surface area (Å²) in [4.78, 5) is 61.7. The van der Waals surface area contributed by atoms with Gasteiger partial charge in [-0.1, -0.05) is 76.8 Å². The van der Waals surface area contributed by atoms with Crippen LogP contribution in [0.2, 0.25) is 0 Å². The van der Waals surface area contributed by atoms with Crippen molar-refractivity contribution in [2.75, 3.05) is 20.7 Å². The van der Waals surface area contributed by atoms with E-state index in [1.54, 1.807) is 19.1 Å². The first-order valence-corrected chi connectivity index (χ1v) is 18.1. The fourth-order valence-electron chi connectivity index (χ4n) is 7.10. The number of likely N-dealkylation sites (tertiary alicyclic amines) is 1. The fourth-order valence-corrected chi connectivity index (χ4v) is 7.10. The van der Waals surface area contributed by atoms with Gasteiger partial charge in [0.2, 0.25) is 11.8 Å². The number of aliphatic carboxylic acids is 1. The molecule has 274 valence electrons. The molecule has 51 heavy (non-hydrogen) atoms. The summed E-state index contributed by atoms with van der Waals surface area (Å²) >= 11 is 0. The van der Waals surface area contributed by atoms with Crippen LogP contribution in [0.3, 0.4) is 0 Å². The van der Waals surface area contributed by atoms with Gasteiger partial charge in [-0.3, -0.25) is 9.59 Å². The first kappa shape index (κ1) is 37.4. The van der Waals surface area contributed by atoms with Crippen molar-refractivity contribution < 1.29 is 33.8 Å². The number of aromatic nitrogens is 1. The van der Waals surface area contributed by atoms with E-state index < -0.39 is 42.1 Å². The van der Waals surface area contributed by atoms with Gasteiger partial charge in [0.05, 0.1) is 24.9 Å². The molecular formula is C39H51N5O7. The van der Waals surface area contributed by atoms with Gasteiger partial charge >= 0.3 is 12.0 Å². The van der Waals surface area contributed by atoms with Crippen LogP contribution in [-0.2, 0) is 14.4 Å². The van der Waals surface area contributed by atoms with Crippen molar-refractivity contribution in [2.45, 2.75) is 102 Å². The summed E-state index contributed by atoms with van der Waals surface area (Å²) in [5.74, 6) is -0.957. The van der Waals surface area contributed by atoms with Gasteiger partial charge in [-0.05, 0) is 37.3 Å². The monoisotopic (exact) mass is 701 g/mol. The minimum absolute atomic E-state index is 0.0353. The van der Waals surface area contributed by atoms with E-state index in [4.69, 9.17) is 14.5 Å². The Morgan fingerprint density at radius 1 is 1.02 bits per heavy atom. The molecule has 1 saturated carbocycles. The number of methoxy groups -OCH3 is 1. The van der Waals surface area contributed by atoms with Gasteiger partial charge in [0, 0.05) is 42.6 Å². The molecule has 4 amide bonds. The SMILES string of the molecule is CCCC(NC(=O)[C@@H]1C[C@@H](Oc2cc(-c3ccccc3)nc3cc(OC)ccc23)CN1C(=O)N[C@H](C(=O)N(C)C1CCCCC1)C(C)C)C(=O)O. The minimum atomic E-state index is -1.14. The smallest absolute Gasteiger partial charge is 0.326 e. The number of fused-ring (bicyclic) bond motifs is 1. The summed E-state index contributed by atoms with van der Waals surface area (Å²) in [6, 6.07) is 13.6. The highest BCUT2D eigenvalue weighted by Gasteiger charge is 2.43. The predicted molar refractivity (Wildman–Crippen MR) is 195 cm³/mol. The Balaban J connectivity index is 1.44. The second-order valence-corrected chi connectivity index (χ2v) is 14.0. The zero-order valence-electron chi connectivity index (χ0n) is 30.3. The Hall–Kier alpha value is -4.87. The average Bonchev–Trinajstić information content (AvgIpc) is 3.57. The second-order valence-electron chi connectivity index (χ2n) is 14.0. The molecule has 1 aromatic heterocycles. The van der Waals surface area contributed by atoms with E-state index in [1.807, 2.05) is 75.4 Å². The molecule has 12 nitrogen and oxygen atoms in total. The normalized spacial score (nSPS) is 19.0. The highest BCUT2D eigenvalue weighted by molar-refractivity contribution is 5.93. The summed E-state index contributed by atoms with van der Waals surface area (Å²) in [5, 5.41) is 16.1. The molecule has 2 fully saturated rings. The van der Waals surface area contributed by atoms with Gasteiger partial charge in [-0.25, -0.2) is 14.6 Å². The first-order chi connectivity index (χ1) is 24.5. The van der Waals surface area contributed by atoms with Crippen molar-refractivity contribution in [3.8, 4) is 22.8 Å². The fraction of sp³-hybridized carbons (Fsp3) is 0.513. The second kappa shape index (κ2) is 16.9. The summed E-state index contributed by atoms with van der Waals surface area (Å²) in [6.07, 6.45) is 5.42. The number of urea groups is 1. The van der Waals surface area contributed by atoms with Crippen LogP contribution in [0.25, 0.3) is 22.2 Å². The van der Waals surface area contributed by atoms with Crippen LogP contribution in [0, 0.1) is 5.92 Å². The average molecular weight is 702 g/mol. The number of carboxylic acids is 1. The van der Waals surface area contributed by atoms with E-state index in [0.29, 0.717) is 29.1 Å². The molecule has 0 bridgehead atoms. The Kier molecular flexibility index (Phi) is 12.4. The van der Waals surface area contributed by atoms with E-state index in [2.05, 4.69) is 10.6 Å². The van der Waals surface area contributed by atoms with E-state index in [0.717, 1.165) is 43.1 Å². The van der Waals surface area contributed by atoms with Crippen LogP contribution >= 0.6 is 0 Å². The molecule has 5 rings (SSSR count). The van der Waals surface area contributed by atoms with Gasteiger partial charge in [0.15, 0.2) is 0 Å². The van der Waals surface area contributed by atoms with E-state index in [-0.39, 0.29) is 37.3 Å². The van der Waals surface area contributed by atoms with Crippen molar-refractivity contribution in [3.63, 3.8) is 0 Å². The molecule has 2 heterocycles. The predicted octanol–water partition coefficient (Wildman–Crippen LogP) is 5.63. The van der Waals surface area contributed by atoms with E-state index in [1.165, 1.54) is 4.90 Å². The molecule has 3 N–H and O–H groups in total. The van der Waals surface area contributed by atoms with Crippen molar-refractivity contribution >= 4 is 34.7 Å². The van der Waals surface area contributed by atoms with Crippen molar-refractivity contribution in [1.82, 2.24) is 25.4 Å². The molecule has 3 aromatic rings. The maximum absolute atomic E-state index is 14.1. The highest BCUT2D eigenvalue weighted by atomic mass is 16.5. The molecule has 1 saturated heterocycles. The van der Waals surface area contributed by atoms with Crippen LogP contribution in [0.5, 0.6) is 11.5 Å². The van der Waals surface area contributed by atoms with Crippen LogP contribution in [-0.4, -0.2) is 94.7 Å². The van der Waals surface area contributed by atoms with Crippen LogP contribution < -0.4 is 20.1 Å². The Bertz CT molecular complexity index is 1690. The largest absolute Gasteiger partial charge is 0.497 e. The zero-order chi connectivity index (χ0) is 36.7. The van der Waals surface area contributed by atoms with E-state index in [9.17, 15) is 24.3 Å². The number of benzene rings is 2. The molecular weight excluding hydrogens is 650 g/mol. The molecule has 4 atom stereocenters. The molecule has 0 spiro atoms. The summed E-state index contributed by atoms with van der Waals surface area (Å²) in [6.45, 7) is 5.64. The number of carbonyl (C=O) groups excluding carboxylic acids is 3. The molecule has 1 aliphatic carbocycles. The number of nitrogens with one attached hydrogen (secondary N) is 2.